The third-order valence-corrected chi connectivity index (χ3v) is 3.00. The minimum atomic E-state index is 0.216. The molecule has 0 saturated heterocycles. The molecule has 0 nitrogen and oxygen atoms in total. The van der Waals surface area contributed by atoms with E-state index in [0.717, 1.165) is 0 Å². The zero-order chi connectivity index (χ0) is 11.1. The normalized spacial score (nSPS) is 12.0. The Kier molecular flexibility index (Phi) is 2.30. The van der Waals surface area contributed by atoms with Gasteiger partial charge in [-0.15, -0.1) is 0 Å². The first-order chi connectivity index (χ1) is 7.00. The fourth-order valence-electron chi connectivity index (χ4n) is 2.25. The molecule has 0 amide bonds. The molecule has 0 aromatic rings. The molecular weight excluding hydrogens is 180 g/mol. The summed E-state index contributed by atoms with van der Waals surface area (Å²) in [6.45, 7) is 9.03. The molecule has 0 unspecified atom stereocenters. The molecule has 0 saturated carbocycles. The monoisotopic (exact) mass is 198 g/mol. The van der Waals surface area contributed by atoms with E-state index in [1.165, 1.54) is 22.3 Å². The van der Waals surface area contributed by atoms with Gasteiger partial charge in [-0.2, -0.15) is 0 Å². The van der Waals surface area contributed by atoms with Gasteiger partial charge in [-0.1, -0.05) is 57.2 Å². The first-order valence-electron chi connectivity index (χ1n) is 5.49. The van der Waals surface area contributed by atoms with E-state index in [4.69, 9.17) is 0 Å². The molecule has 0 heteroatoms. The van der Waals surface area contributed by atoms with E-state index in [1.807, 2.05) is 0 Å². The summed E-state index contributed by atoms with van der Waals surface area (Å²) in [5.74, 6) is 0. The summed E-state index contributed by atoms with van der Waals surface area (Å²) in [6.07, 6.45) is 0. The van der Waals surface area contributed by atoms with Crippen molar-refractivity contribution < 1.29 is 0 Å². The van der Waals surface area contributed by atoms with Crippen molar-refractivity contribution in [1.82, 2.24) is 0 Å². The minimum absolute atomic E-state index is 0.216. The summed E-state index contributed by atoms with van der Waals surface area (Å²) in [5, 5.41) is 0. The van der Waals surface area contributed by atoms with Crippen LogP contribution in [0.15, 0.2) is 36.4 Å². The van der Waals surface area contributed by atoms with Gasteiger partial charge in [0.15, 0.2) is 0 Å². The topological polar surface area (TPSA) is 0 Å². The lowest BCUT2D eigenvalue weighted by atomic mass is 9.84. The van der Waals surface area contributed by atoms with E-state index in [2.05, 4.69) is 64.1 Å². The van der Waals surface area contributed by atoms with E-state index >= 15 is 0 Å². The van der Waals surface area contributed by atoms with Gasteiger partial charge < -0.3 is 0 Å². The van der Waals surface area contributed by atoms with Gasteiger partial charge >= 0.3 is 0 Å². The number of fused-ring (bicyclic) bond motifs is 1. The van der Waals surface area contributed by atoms with Crippen LogP contribution in [-0.4, -0.2) is 0 Å². The highest BCUT2D eigenvalue weighted by molar-refractivity contribution is 5.70. The average Bonchev–Trinajstić information content (AvgIpc) is 2.52. The molecule has 0 aliphatic heterocycles. The number of hydrogen-bond donors (Lipinski definition) is 0. The number of rotatable bonds is 0. The summed E-state index contributed by atoms with van der Waals surface area (Å²) in [7, 11) is 0. The van der Waals surface area contributed by atoms with Crippen molar-refractivity contribution >= 4 is 0 Å². The Bertz CT molecular complexity index is 446. The Morgan fingerprint density at radius 1 is 0.867 bits per heavy atom. The van der Waals surface area contributed by atoms with Crippen molar-refractivity contribution in [2.75, 3.05) is 0 Å². The van der Waals surface area contributed by atoms with E-state index < -0.39 is 0 Å². The average molecular weight is 198 g/mol. The summed E-state index contributed by atoms with van der Waals surface area (Å²) in [5.41, 5.74) is 5.77. The Morgan fingerprint density at radius 2 is 1.47 bits per heavy atom. The predicted octanol–water partition coefficient (Wildman–Crippen LogP) is 4.40. The summed E-state index contributed by atoms with van der Waals surface area (Å²) >= 11 is 0. The van der Waals surface area contributed by atoms with E-state index in [1.54, 1.807) is 0 Å². The van der Waals surface area contributed by atoms with Crippen LogP contribution in [0.1, 0.15) is 31.9 Å². The quantitative estimate of drug-likeness (QED) is 0.588. The third-order valence-electron chi connectivity index (χ3n) is 3.00. The minimum Gasteiger partial charge on any atom is -0.0613 e. The van der Waals surface area contributed by atoms with Crippen LogP contribution in [0.4, 0.5) is 0 Å². The maximum atomic E-state index is 2.27. The Hall–Kier alpha value is -1.30. The van der Waals surface area contributed by atoms with Crippen LogP contribution in [0.5, 0.6) is 0 Å². The molecule has 2 aliphatic rings. The van der Waals surface area contributed by atoms with Crippen molar-refractivity contribution in [2.45, 2.75) is 33.1 Å². The molecule has 0 atom stereocenters. The molecule has 78 valence electrons. The van der Waals surface area contributed by atoms with Crippen LogP contribution in [-0.2, 0) is 5.41 Å². The third kappa shape index (κ3) is 1.77. The number of hydrogen-bond acceptors (Lipinski definition) is 0. The van der Waals surface area contributed by atoms with E-state index in [9.17, 15) is 0 Å². The van der Waals surface area contributed by atoms with Gasteiger partial charge in [0.1, 0.15) is 0 Å². The lowest BCUT2D eigenvalue weighted by molar-refractivity contribution is 0.587. The molecular formula is C15H18. The van der Waals surface area contributed by atoms with E-state index in [0.29, 0.717) is 0 Å². The summed E-state index contributed by atoms with van der Waals surface area (Å²) < 4.78 is 0. The molecule has 0 N–H and O–H groups in total. The Morgan fingerprint density at radius 3 is 2.07 bits per heavy atom. The van der Waals surface area contributed by atoms with Crippen LogP contribution in [0.25, 0.3) is 11.1 Å². The second kappa shape index (κ2) is 3.37. The predicted molar refractivity (Wildman–Crippen MR) is 66.5 cm³/mol. The lowest BCUT2D eigenvalue weighted by Crippen LogP contribution is -2.12. The van der Waals surface area contributed by atoms with Gasteiger partial charge in [0.05, 0.1) is 0 Å². The first kappa shape index (κ1) is 10.2. The highest BCUT2D eigenvalue weighted by Gasteiger charge is 2.17. The van der Waals surface area contributed by atoms with Crippen molar-refractivity contribution in [3.63, 3.8) is 0 Å². The van der Waals surface area contributed by atoms with Crippen LogP contribution < -0.4 is 0 Å². The lowest BCUT2D eigenvalue weighted by Gasteiger charge is -2.21. The van der Waals surface area contributed by atoms with Crippen LogP contribution in [0, 0.1) is 6.92 Å². The second-order valence-corrected chi connectivity index (χ2v) is 5.21. The molecule has 2 rings (SSSR count). The van der Waals surface area contributed by atoms with Gasteiger partial charge in [0, 0.05) is 0 Å². The fraction of sp³-hybridized carbons (Fsp3) is 0.333. The molecule has 0 heterocycles. The van der Waals surface area contributed by atoms with Crippen molar-refractivity contribution in [2.24, 2.45) is 0 Å². The maximum Gasteiger partial charge on any atom is -0.0129 e. The molecule has 2 aliphatic carbocycles. The molecule has 0 aromatic heterocycles. The first-order valence-corrected chi connectivity index (χ1v) is 5.49. The maximum absolute atomic E-state index is 2.27. The molecule has 15 heavy (non-hydrogen) atoms. The van der Waals surface area contributed by atoms with Crippen molar-refractivity contribution in [3.8, 4) is 11.1 Å². The Labute approximate surface area is 92.3 Å². The van der Waals surface area contributed by atoms with Gasteiger partial charge in [-0.25, -0.2) is 0 Å². The smallest absolute Gasteiger partial charge is 0.0129 e. The SMILES string of the molecule is Cc1c2cccc-2cccc1C(C)(C)C. The summed E-state index contributed by atoms with van der Waals surface area (Å²) in [6, 6.07) is 13.1. The molecule has 0 spiro atoms. The fourth-order valence-corrected chi connectivity index (χ4v) is 2.25. The van der Waals surface area contributed by atoms with Gasteiger partial charge in [-0.3, -0.25) is 0 Å². The molecule has 0 fully saturated rings. The molecule has 0 aromatic carbocycles. The largest absolute Gasteiger partial charge is 0.0613 e. The van der Waals surface area contributed by atoms with Crippen molar-refractivity contribution in [1.29, 1.82) is 0 Å². The zero-order valence-corrected chi connectivity index (χ0v) is 9.96. The van der Waals surface area contributed by atoms with Gasteiger partial charge in [0.2, 0.25) is 0 Å². The van der Waals surface area contributed by atoms with Crippen LogP contribution in [0.3, 0.4) is 0 Å². The molecule has 0 bridgehead atoms. The standard InChI is InChI=1S/C15H18/c1-11-13-9-5-7-12(13)8-6-10-14(11)15(2,3)4/h5-10H,1-4H3. The summed E-state index contributed by atoms with van der Waals surface area (Å²) in [4.78, 5) is 0. The van der Waals surface area contributed by atoms with E-state index in [-0.39, 0.29) is 5.41 Å². The highest BCUT2D eigenvalue weighted by Crippen LogP contribution is 2.33. The Balaban J connectivity index is 2.73. The van der Waals surface area contributed by atoms with Gasteiger partial charge in [-0.05, 0) is 34.6 Å². The molecule has 0 radical (unpaired) electrons. The van der Waals surface area contributed by atoms with Crippen LogP contribution in [0.2, 0.25) is 0 Å². The highest BCUT2D eigenvalue weighted by atomic mass is 14.2. The van der Waals surface area contributed by atoms with Crippen LogP contribution >= 0.6 is 0 Å². The zero-order valence-electron chi connectivity index (χ0n) is 9.96. The second-order valence-electron chi connectivity index (χ2n) is 5.21. The van der Waals surface area contributed by atoms with Gasteiger partial charge in [0.25, 0.3) is 0 Å². The van der Waals surface area contributed by atoms with Crippen molar-refractivity contribution in [3.05, 3.63) is 47.5 Å².